The summed E-state index contributed by atoms with van der Waals surface area (Å²) in [5.74, 6) is 1.07. The third-order valence-electron chi connectivity index (χ3n) is 10.8. The molecular formula is C52H37N3. The summed E-state index contributed by atoms with van der Waals surface area (Å²) in [5.41, 5.74) is 15.0. The molecule has 2 heterocycles. The van der Waals surface area contributed by atoms with Crippen molar-refractivity contribution in [3.63, 3.8) is 0 Å². The molecule has 8 aromatic carbocycles. The van der Waals surface area contributed by atoms with Crippen molar-refractivity contribution in [2.45, 2.75) is 13.3 Å². The van der Waals surface area contributed by atoms with Crippen LogP contribution in [0.15, 0.2) is 194 Å². The fourth-order valence-corrected chi connectivity index (χ4v) is 8.28. The fourth-order valence-electron chi connectivity index (χ4n) is 8.28. The Balaban J connectivity index is 1.03. The average molecular weight is 704 g/mol. The predicted molar refractivity (Wildman–Crippen MR) is 230 cm³/mol. The second-order valence-corrected chi connectivity index (χ2v) is 14.0. The van der Waals surface area contributed by atoms with Crippen LogP contribution >= 0.6 is 0 Å². The van der Waals surface area contributed by atoms with Crippen molar-refractivity contribution >= 4 is 32.6 Å². The molecule has 0 radical (unpaired) electrons. The highest BCUT2D eigenvalue weighted by atomic mass is 15.1. The van der Waals surface area contributed by atoms with Gasteiger partial charge in [-0.3, -0.25) is 9.55 Å². The maximum absolute atomic E-state index is 4.95. The largest absolute Gasteiger partial charge is 0.296 e. The molecule has 0 bridgehead atoms. The van der Waals surface area contributed by atoms with E-state index in [0.717, 1.165) is 40.2 Å². The van der Waals surface area contributed by atoms with Crippen LogP contribution in [0.5, 0.6) is 0 Å². The van der Waals surface area contributed by atoms with Crippen molar-refractivity contribution in [3.8, 4) is 61.5 Å². The van der Waals surface area contributed by atoms with Gasteiger partial charge in [-0.15, -0.1) is 0 Å². The molecule has 260 valence electrons. The lowest BCUT2D eigenvalue weighted by molar-refractivity contribution is 0.909. The predicted octanol–water partition coefficient (Wildman–Crippen LogP) is 13.6. The molecule has 0 spiro atoms. The number of hydrogen-bond acceptors (Lipinski definition) is 2. The molecule has 0 aliphatic carbocycles. The SMILES string of the molecule is CCc1nc2ccccc2n1-c1ccccc1-c1ccc(-c2ccc(-c3c4ccccc4c(-c4cccc(-c5ccccn5)c4)c4ccccc34)cc2)cc1. The highest BCUT2D eigenvalue weighted by Crippen LogP contribution is 2.44. The fraction of sp³-hybridized carbons (Fsp3) is 0.0385. The minimum Gasteiger partial charge on any atom is -0.296 e. The Bertz CT molecular complexity index is 2940. The van der Waals surface area contributed by atoms with Gasteiger partial charge in [-0.05, 0) is 96.9 Å². The maximum atomic E-state index is 4.95. The smallest absolute Gasteiger partial charge is 0.114 e. The highest BCUT2D eigenvalue weighted by Gasteiger charge is 2.18. The number of nitrogens with zero attached hydrogens (tertiary/aromatic N) is 3. The van der Waals surface area contributed by atoms with Gasteiger partial charge in [-0.2, -0.15) is 0 Å². The van der Waals surface area contributed by atoms with Crippen LogP contribution < -0.4 is 0 Å². The van der Waals surface area contributed by atoms with Crippen LogP contribution in [-0.4, -0.2) is 14.5 Å². The number of aryl methyl sites for hydroxylation is 1. The summed E-state index contributed by atoms with van der Waals surface area (Å²) < 4.78 is 2.32. The van der Waals surface area contributed by atoms with E-state index in [0.29, 0.717) is 0 Å². The van der Waals surface area contributed by atoms with Crippen LogP contribution in [0, 0.1) is 0 Å². The Morgan fingerprint density at radius 2 is 0.982 bits per heavy atom. The minimum absolute atomic E-state index is 0.855. The number of imidazole rings is 1. The van der Waals surface area contributed by atoms with Gasteiger partial charge >= 0.3 is 0 Å². The van der Waals surface area contributed by atoms with E-state index in [1.807, 2.05) is 18.3 Å². The van der Waals surface area contributed by atoms with Gasteiger partial charge in [0.1, 0.15) is 5.82 Å². The van der Waals surface area contributed by atoms with Crippen LogP contribution in [-0.2, 0) is 6.42 Å². The van der Waals surface area contributed by atoms with Gasteiger partial charge in [0.2, 0.25) is 0 Å². The average Bonchev–Trinajstić information content (AvgIpc) is 3.65. The van der Waals surface area contributed by atoms with Crippen LogP contribution in [0.4, 0.5) is 0 Å². The van der Waals surface area contributed by atoms with Crippen LogP contribution in [0.3, 0.4) is 0 Å². The Kier molecular flexibility index (Phi) is 8.11. The van der Waals surface area contributed by atoms with Gasteiger partial charge in [0, 0.05) is 23.7 Å². The number of aromatic nitrogens is 3. The number of hydrogen-bond donors (Lipinski definition) is 0. The first-order valence-electron chi connectivity index (χ1n) is 19.0. The topological polar surface area (TPSA) is 30.7 Å². The summed E-state index contributed by atoms with van der Waals surface area (Å²) in [4.78, 5) is 9.58. The minimum atomic E-state index is 0.855. The van der Waals surface area contributed by atoms with E-state index in [4.69, 9.17) is 4.98 Å². The molecule has 55 heavy (non-hydrogen) atoms. The number of pyridine rings is 1. The Morgan fingerprint density at radius 3 is 1.64 bits per heavy atom. The summed E-state index contributed by atoms with van der Waals surface area (Å²) in [5, 5.41) is 4.97. The zero-order valence-corrected chi connectivity index (χ0v) is 30.5. The summed E-state index contributed by atoms with van der Waals surface area (Å²) in [6.45, 7) is 2.17. The van der Waals surface area contributed by atoms with Crippen LogP contribution in [0.25, 0.3) is 94.0 Å². The molecule has 0 fully saturated rings. The molecule has 0 unspecified atom stereocenters. The van der Waals surface area contributed by atoms with Gasteiger partial charge in [0.25, 0.3) is 0 Å². The van der Waals surface area contributed by atoms with Crippen molar-refractivity contribution in [2.75, 3.05) is 0 Å². The summed E-state index contributed by atoms with van der Waals surface area (Å²) in [6.07, 6.45) is 2.71. The lowest BCUT2D eigenvalue weighted by Crippen LogP contribution is -2.02. The Labute approximate surface area is 320 Å². The molecule has 0 N–H and O–H groups in total. The second kappa shape index (κ2) is 13.7. The third-order valence-corrected chi connectivity index (χ3v) is 10.8. The zero-order valence-electron chi connectivity index (χ0n) is 30.5. The van der Waals surface area contributed by atoms with E-state index in [1.165, 1.54) is 66.1 Å². The lowest BCUT2D eigenvalue weighted by atomic mass is 9.85. The summed E-state index contributed by atoms with van der Waals surface area (Å²) in [7, 11) is 0. The first-order chi connectivity index (χ1) is 27.2. The molecule has 2 aromatic heterocycles. The monoisotopic (exact) mass is 703 g/mol. The molecule has 0 saturated heterocycles. The molecule has 0 aliphatic heterocycles. The quantitative estimate of drug-likeness (QED) is 0.155. The molecule has 0 saturated carbocycles. The van der Waals surface area contributed by atoms with Crippen molar-refractivity contribution in [1.82, 2.24) is 14.5 Å². The Morgan fingerprint density at radius 1 is 0.436 bits per heavy atom. The van der Waals surface area contributed by atoms with Gasteiger partial charge in [0.15, 0.2) is 0 Å². The van der Waals surface area contributed by atoms with Gasteiger partial charge < -0.3 is 0 Å². The third kappa shape index (κ3) is 5.69. The van der Waals surface area contributed by atoms with E-state index >= 15 is 0 Å². The standard InChI is InChI=1S/C52H37N3/c1-2-50-54-47-22-8-10-24-49(47)55(50)48-23-9-7-16-41(48)37-29-25-35(26-30-37)36-27-31-38(32-28-36)51-42-17-3-5-19-44(42)52(45-20-6-4-18-43(45)51)40-15-13-14-39(34-40)46-21-11-12-33-53-46/h3-34H,2H2,1H3. The number of benzene rings is 8. The highest BCUT2D eigenvalue weighted by molar-refractivity contribution is 6.21. The molecule has 3 nitrogen and oxygen atoms in total. The van der Waals surface area contributed by atoms with Gasteiger partial charge in [0.05, 0.1) is 22.4 Å². The molecule has 3 heteroatoms. The van der Waals surface area contributed by atoms with E-state index in [9.17, 15) is 0 Å². The maximum Gasteiger partial charge on any atom is 0.114 e. The number of para-hydroxylation sites is 3. The van der Waals surface area contributed by atoms with Crippen molar-refractivity contribution < 1.29 is 0 Å². The second-order valence-electron chi connectivity index (χ2n) is 14.0. The van der Waals surface area contributed by atoms with Crippen LogP contribution in [0.2, 0.25) is 0 Å². The van der Waals surface area contributed by atoms with E-state index in [2.05, 4.69) is 192 Å². The summed E-state index contributed by atoms with van der Waals surface area (Å²) >= 11 is 0. The van der Waals surface area contributed by atoms with E-state index < -0.39 is 0 Å². The van der Waals surface area contributed by atoms with Crippen molar-refractivity contribution in [2.24, 2.45) is 0 Å². The molecule has 0 amide bonds. The molecule has 0 aliphatic rings. The number of rotatable bonds is 7. The molecular weight excluding hydrogens is 667 g/mol. The van der Waals surface area contributed by atoms with E-state index in [-0.39, 0.29) is 0 Å². The number of fused-ring (bicyclic) bond motifs is 3. The molecule has 10 aromatic rings. The lowest BCUT2D eigenvalue weighted by Gasteiger charge is -2.18. The van der Waals surface area contributed by atoms with Gasteiger partial charge in [-0.25, -0.2) is 4.98 Å². The van der Waals surface area contributed by atoms with Crippen molar-refractivity contribution in [3.05, 3.63) is 200 Å². The van der Waals surface area contributed by atoms with Crippen LogP contribution in [0.1, 0.15) is 12.7 Å². The zero-order chi connectivity index (χ0) is 36.7. The first-order valence-corrected chi connectivity index (χ1v) is 19.0. The van der Waals surface area contributed by atoms with E-state index in [1.54, 1.807) is 0 Å². The molecule has 0 atom stereocenters. The first kappa shape index (κ1) is 32.5. The normalized spacial score (nSPS) is 11.4. The molecule has 10 rings (SSSR count). The summed E-state index contributed by atoms with van der Waals surface area (Å²) in [6, 6.07) is 67.7. The van der Waals surface area contributed by atoms with Crippen molar-refractivity contribution in [1.29, 1.82) is 0 Å². The van der Waals surface area contributed by atoms with Gasteiger partial charge in [-0.1, -0.05) is 159 Å². The Hall–Kier alpha value is -7.10.